The number of nitrogens with one attached hydrogen (secondary N) is 1. The van der Waals surface area contributed by atoms with Crippen molar-refractivity contribution in [2.24, 2.45) is 5.14 Å². The van der Waals surface area contributed by atoms with Crippen molar-refractivity contribution in [2.75, 3.05) is 17.8 Å². The summed E-state index contributed by atoms with van der Waals surface area (Å²) in [5, 5.41) is 4.97. The first kappa shape index (κ1) is 16.8. The molecule has 1 aromatic carbocycles. The first-order chi connectivity index (χ1) is 9.11. The average Bonchev–Trinajstić information content (AvgIpc) is 2.27. The van der Waals surface area contributed by atoms with Crippen molar-refractivity contribution < 1.29 is 21.2 Å². The topological polar surface area (TPSA) is 110 Å². The fourth-order valence-electron chi connectivity index (χ4n) is 1.60. The van der Waals surface area contributed by atoms with Crippen LogP contribution < -0.4 is 9.86 Å². The monoisotopic (exact) mass is 325 g/mol. The van der Waals surface area contributed by atoms with Crippen LogP contribution in [-0.2, 0) is 20.2 Å². The van der Waals surface area contributed by atoms with Crippen LogP contribution >= 0.6 is 0 Å². The molecule has 0 aliphatic heterocycles. The first-order valence-electron chi connectivity index (χ1n) is 5.72. The molecule has 1 rings (SSSR count). The lowest BCUT2D eigenvalue weighted by atomic mass is 10.3. The Morgan fingerprint density at radius 1 is 1.20 bits per heavy atom. The highest BCUT2D eigenvalue weighted by Gasteiger charge is 2.23. The molecule has 0 atom stereocenters. The van der Waals surface area contributed by atoms with Crippen molar-refractivity contribution in [1.29, 1.82) is 0 Å². The van der Waals surface area contributed by atoms with Crippen molar-refractivity contribution in [1.82, 2.24) is 4.31 Å². The van der Waals surface area contributed by atoms with Crippen LogP contribution in [-0.4, -0.2) is 34.2 Å². The van der Waals surface area contributed by atoms with Gasteiger partial charge in [0.05, 0.1) is 5.69 Å². The van der Waals surface area contributed by atoms with Gasteiger partial charge >= 0.3 is 10.2 Å². The molecule has 0 saturated heterocycles. The molecule has 10 heteroatoms. The van der Waals surface area contributed by atoms with Gasteiger partial charge in [-0.1, -0.05) is 13.8 Å². The molecule has 20 heavy (non-hydrogen) atoms. The molecule has 3 N–H and O–H groups in total. The summed E-state index contributed by atoms with van der Waals surface area (Å²) in [6.45, 7) is 3.61. The van der Waals surface area contributed by atoms with Crippen LogP contribution in [0.25, 0.3) is 0 Å². The Morgan fingerprint density at radius 2 is 1.75 bits per heavy atom. The highest BCUT2D eigenvalue weighted by molar-refractivity contribution is 7.91. The Balaban J connectivity index is 3.31. The lowest BCUT2D eigenvalue weighted by Gasteiger charge is -2.20. The predicted octanol–water partition coefficient (Wildman–Crippen LogP) is 0.472. The van der Waals surface area contributed by atoms with E-state index in [4.69, 9.17) is 5.14 Å². The van der Waals surface area contributed by atoms with E-state index in [0.717, 1.165) is 22.5 Å². The average molecular weight is 325 g/mol. The van der Waals surface area contributed by atoms with Gasteiger partial charge in [-0.25, -0.2) is 17.9 Å². The molecule has 7 nitrogen and oxygen atoms in total. The number of nitrogens with zero attached hydrogens (tertiary/aromatic N) is 1. The Labute approximate surface area is 117 Å². The Hall–Kier alpha value is -1.23. The van der Waals surface area contributed by atoms with E-state index in [1.54, 1.807) is 13.8 Å². The van der Waals surface area contributed by atoms with Gasteiger partial charge in [-0.3, -0.25) is 4.72 Å². The van der Waals surface area contributed by atoms with Crippen LogP contribution in [0.5, 0.6) is 0 Å². The zero-order chi connectivity index (χ0) is 15.6. The number of nitrogens with two attached hydrogens (primary N) is 1. The summed E-state index contributed by atoms with van der Waals surface area (Å²) < 4.78 is 63.0. The van der Waals surface area contributed by atoms with Gasteiger partial charge in [0.25, 0.3) is 0 Å². The molecule has 0 bridgehead atoms. The van der Waals surface area contributed by atoms with Crippen molar-refractivity contribution in [3.05, 3.63) is 24.0 Å². The molecule has 0 spiro atoms. The molecule has 114 valence electrons. The zero-order valence-corrected chi connectivity index (χ0v) is 12.6. The summed E-state index contributed by atoms with van der Waals surface area (Å²) in [4.78, 5) is -0.491. The third-order valence-corrected chi connectivity index (χ3v) is 5.18. The highest BCUT2D eigenvalue weighted by atomic mass is 32.2. The van der Waals surface area contributed by atoms with Crippen LogP contribution in [0.1, 0.15) is 13.8 Å². The maximum Gasteiger partial charge on any atom is 0.301 e. The number of benzene rings is 1. The second-order valence-corrected chi connectivity index (χ2v) is 7.08. The minimum atomic E-state index is -4.17. The van der Waals surface area contributed by atoms with Gasteiger partial charge < -0.3 is 0 Å². The lowest BCUT2D eigenvalue weighted by molar-refractivity contribution is 0.449. The number of hydrogen-bond acceptors (Lipinski definition) is 4. The fraction of sp³-hybridized carbons (Fsp3) is 0.400. The molecule has 0 radical (unpaired) electrons. The lowest BCUT2D eigenvalue weighted by Crippen LogP contribution is -2.36. The van der Waals surface area contributed by atoms with E-state index in [0.29, 0.717) is 0 Å². The second kappa shape index (κ2) is 6.04. The molecule has 0 unspecified atom stereocenters. The number of halogens is 1. The maximum absolute atomic E-state index is 13.2. The molecular formula is C10H16FN3O4S2. The quantitative estimate of drug-likeness (QED) is 0.792. The van der Waals surface area contributed by atoms with Gasteiger partial charge in [-0.05, 0) is 18.2 Å². The van der Waals surface area contributed by atoms with E-state index in [-0.39, 0.29) is 13.1 Å². The SMILES string of the molecule is CCN(CC)S(=O)(=O)Nc1cc(F)ccc1S(N)(=O)=O. The Morgan fingerprint density at radius 3 is 2.20 bits per heavy atom. The van der Waals surface area contributed by atoms with Crippen LogP contribution in [0.2, 0.25) is 0 Å². The van der Waals surface area contributed by atoms with Gasteiger partial charge in [-0.2, -0.15) is 12.7 Å². The Kier molecular flexibility index (Phi) is 5.08. The van der Waals surface area contributed by atoms with E-state index in [1.165, 1.54) is 0 Å². The van der Waals surface area contributed by atoms with E-state index in [9.17, 15) is 21.2 Å². The number of primary sulfonamides is 1. The molecule has 0 saturated carbocycles. The van der Waals surface area contributed by atoms with Crippen LogP contribution in [0.3, 0.4) is 0 Å². The van der Waals surface area contributed by atoms with Crippen LogP contribution in [0.4, 0.5) is 10.1 Å². The van der Waals surface area contributed by atoms with Crippen LogP contribution in [0, 0.1) is 5.82 Å². The maximum atomic E-state index is 13.2. The predicted molar refractivity (Wildman–Crippen MR) is 73.2 cm³/mol. The van der Waals surface area contributed by atoms with Crippen molar-refractivity contribution in [3.63, 3.8) is 0 Å². The summed E-state index contributed by atoms with van der Waals surface area (Å²) in [5.41, 5.74) is -0.417. The number of anilines is 1. The van der Waals surface area contributed by atoms with Gasteiger partial charge in [0, 0.05) is 13.1 Å². The molecule has 0 aliphatic rings. The number of hydrogen-bond donors (Lipinski definition) is 2. The third kappa shape index (κ3) is 3.88. The normalized spacial score (nSPS) is 12.7. The smallest absolute Gasteiger partial charge is 0.269 e. The van der Waals surface area contributed by atoms with Gasteiger partial charge in [0.2, 0.25) is 10.0 Å². The summed E-state index contributed by atoms with van der Waals surface area (Å²) >= 11 is 0. The molecule has 0 amide bonds. The minimum Gasteiger partial charge on any atom is -0.269 e. The molecule has 0 heterocycles. The van der Waals surface area contributed by atoms with Gasteiger partial charge in [-0.15, -0.1) is 0 Å². The third-order valence-electron chi connectivity index (χ3n) is 2.53. The fourth-order valence-corrected chi connectivity index (χ4v) is 3.59. The molecule has 0 aromatic heterocycles. The van der Waals surface area contributed by atoms with Crippen molar-refractivity contribution in [3.8, 4) is 0 Å². The summed E-state index contributed by atoms with van der Waals surface area (Å²) in [5.74, 6) is -0.783. The minimum absolute atomic E-state index is 0.186. The molecule has 0 fully saturated rings. The van der Waals surface area contributed by atoms with Gasteiger partial charge in [0.15, 0.2) is 0 Å². The van der Waals surface area contributed by atoms with E-state index in [2.05, 4.69) is 0 Å². The molecular weight excluding hydrogens is 309 g/mol. The largest absolute Gasteiger partial charge is 0.301 e. The number of sulfonamides is 1. The van der Waals surface area contributed by atoms with E-state index in [1.807, 2.05) is 4.72 Å². The summed E-state index contributed by atoms with van der Waals surface area (Å²) in [7, 11) is -8.15. The van der Waals surface area contributed by atoms with Crippen molar-refractivity contribution >= 4 is 25.9 Å². The summed E-state index contributed by atoms with van der Waals surface area (Å²) in [6, 6.07) is 2.56. The second-order valence-electron chi connectivity index (χ2n) is 3.88. The van der Waals surface area contributed by atoms with E-state index >= 15 is 0 Å². The summed E-state index contributed by atoms with van der Waals surface area (Å²) in [6.07, 6.45) is 0. The first-order valence-corrected chi connectivity index (χ1v) is 8.70. The number of rotatable bonds is 6. The zero-order valence-electron chi connectivity index (χ0n) is 11.0. The highest BCUT2D eigenvalue weighted by Crippen LogP contribution is 2.23. The molecule has 1 aromatic rings. The Bertz CT molecular complexity index is 684. The van der Waals surface area contributed by atoms with Gasteiger partial charge in [0.1, 0.15) is 10.7 Å². The van der Waals surface area contributed by atoms with Crippen molar-refractivity contribution in [2.45, 2.75) is 18.7 Å². The standard InChI is InChI=1S/C10H16FN3O4S2/c1-3-14(4-2)20(17,18)13-9-7-8(11)5-6-10(9)19(12,15)16/h5-7,13H,3-4H2,1-2H3,(H2,12,15,16). The molecule has 0 aliphatic carbocycles. The van der Waals surface area contributed by atoms with Crippen LogP contribution in [0.15, 0.2) is 23.1 Å². The van der Waals surface area contributed by atoms with E-state index < -0.39 is 36.6 Å².